The van der Waals surface area contributed by atoms with Gasteiger partial charge in [0.1, 0.15) is 5.75 Å². The second-order valence-electron chi connectivity index (χ2n) is 5.28. The molecule has 1 aliphatic rings. The Kier molecular flexibility index (Phi) is 5.67. The average molecular weight is 262 g/mol. The van der Waals surface area contributed by atoms with Gasteiger partial charge in [0.25, 0.3) is 0 Å². The zero-order valence-corrected chi connectivity index (χ0v) is 12.2. The summed E-state index contributed by atoms with van der Waals surface area (Å²) in [5, 5.41) is 3.28. The van der Waals surface area contributed by atoms with Gasteiger partial charge in [-0.2, -0.15) is 0 Å². The molecule has 1 unspecified atom stereocenters. The standard InChI is InChI=1S/C16H26N2O/c1-17-10-9-16(18-11-4-3-5-12-18)14-7-6-8-15(13-14)19-2/h6-8,13,16-17H,3-5,9-12H2,1-2H3. The molecule has 3 nitrogen and oxygen atoms in total. The van der Waals surface area contributed by atoms with Crippen molar-refractivity contribution in [3.63, 3.8) is 0 Å². The van der Waals surface area contributed by atoms with Gasteiger partial charge in [-0.15, -0.1) is 0 Å². The molecular weight excluding hydrogens is 236 g/mol. The smallest absolute Gasteiger partial charge is 0.119 e. The van der Waals surface area contributed by atoms with E-state index >= 15 is 0 Å². The number of piperidine rings is 1. The van der Waals surface area contributed by atoms with Crippen LogP contribution in [0.15, 0.2) is 24.3 Å². The molecule has 1 aromatic rings. The monoisotopic (exact) mass is 262 g/mol. The molecule has 106 valence electrons. The Balaban J connectivity index is 2.14. The van der Waals surface area contributed by atoms with Gasteiger partial charge >= 0.3 is 0 Å². The number of methoxy groups -OCH3 is 1. The topological polar surface area (TPSA) is 24.5 Å². The van der Waals surface area contributed by atoms with Crippen LogP contribution >= 0.6 is 0 Å². The Morgan fingerprint density at radius 3 is 2.74 bits per heavy atom. The van der Waals surface area contributed by atoms with Gasteiger partial charge in [0.05, 0.1) is 7.11 Å². The number of rotatable bonds is 6. The van der Waals surface area contributed by atoms with Gasteiger partial charge in [0.15, 0.2) is 0 Å². The van der Waals surface area contributed by atoms with Gasteiger partial charge in [0, 0.05) is 6.04 Å². The quantitative estimate of drug-likeness (QED) is 0.853. The summed E-state index contributed by atoms with van der Waals surface area (Å²) in [5.41, 5.74) is 1.39. The fourth-order valence-corrected chi connectivity index (χ4v) is 2.92. The minimum absolute atomic E-state index is 0.517. The maximum atomic E-state index is 5.36. The van der Waals surface area contributed by atoms with Crippen LogP contribution in [0.5, 0.6) is 5.75 Å². The molecule has 3 heteroatoms. The van der Waals surface area contributed by atoms with Crippen molar-refractivity contribution in [2.24, 2.45) is 0 Å². The minimum Gasteiger partial charge on any atom is -0.497 e. The molecule has 0 spiro atoms. The number of hydrogen-bond donors (Lipinski definition) is 1. The molecule has 2 rings (SSSR count). The molecule has 1 saturated heterocycles. The first-order valence-corrected chi connectivity index (χ1v) is 7.37. The van der Waals surface area contributed by atoms with E-state index in [4.69, 9.17) is 4.74 Å². The Hall–Kier alpha value is -1.06. The molecule has 1 N–H and O–H groups in total. The molecule has 1 aromatic carbocycles. The first kappa shape index (κ1) is 14.4. The van der Waals surface area contributed by atoms with Gasteiger partial charge in [0.2, 0.25) is 0 Å². The minimum atomic E-state index is 0.517. The summed E-state index contributed by atoms with van der Waals surface area (Å²) >= 11 is 0. The zero-order chi connectivity index (χ0) is 13.5. The van der Waals surface area contributed by atoms with E-state index in [-0.39, 0.29) is 0 Å². The molecule has 0 saturated carbocycles. The van der Waals surface area contributed by atoms with E-state index in [0.29, 0.717) is 6.04 Å². The van der Waals surface area contributed by atoms with Gasteiger partial charge < -0.3 is 10.1 Å². The summed E-state index contributed by atoms with van der Waals surface area (Å²) in [6.07, 6.45) is 5.21. The number of ether oxygens (including phenoxy) is 1. The van der Waals surface area contributed by atoms with E-state index in [1.807, 2.05) is 13.1 Å². The number of nitrogens with one attached hydrogen (secondary N) is 1. The van der Waals surface area contributed by atoms with Crippen LogP contribution in [0.4, 0.5) is 0 Å². The van der Waals surface area contributed by atoms with Crippen molar-refractivity contribution in [3.8, 4) is 5.75 Å². The maximum Gasteiger partial charge on any atom is 0.119 e. The van der Waals surface area contributed by atoms with Crippen molar-refractivity contribution in [2.75, 3.05) is 33.8 Å². The van der Waals surface area contributed by atoms with Gasteiger partial charge in [-0.3, -0.25) is 4.90 Å². The average Bonchev–Trinajstić information content (AvgIpc) is 2.49. The molecule has 0 aliphatic carbocycles. The summed E-state index contributed by atoms with van der Waals surface area (Å²) in [5.74, 6) is 0.962. The van der Waals surface area contributed by atoms with Crippen LogP contribution in [-0.2, 0) is 0 Å². The first-order chi connectivity index (χ1) is 9.35. The summed E-state index contributed by atoms with van der Waals surface area (Å²) < 4.78 is 5.36. The lowest BCUT2D eigenvalue weighted by Crippen LogP contribution is -2.35. The fourth-order valence-electron chi connectivity index (χ4n) is 2.92. The van der Waals surface area contributed by atoms with E-state index in [9.17, 15) is 0 Å². The van der Waals surface area contributed by atoms with Crippen molar-refractivity contribution in [1.82, 2.24) is 10.2 Å². The number of likely N-dealkylation sites (tertiary alicyclic amines) is 1. The van der Waals surface area contributed by atoms with Crippen LogP contribution in [-0.4, -0.2) is 38.7 Å². The van der Waals surface area contributed by atoms with E-state index in [1.54, 1.807) is 7.11 Å². The molecular formula is C16H26N2O. The normalized spacial score (nSPS) is 18.2. The Morgan fingerprint density at radius 2 is 2.05 bits per heavy atom. The highest BCUT2D eigenvalue weighted by Gasteiger charge is 2.22. The van der Waals surface area contributed by atoms with Crippen molar-refractivity contribution in [2.45, 2.75) is 31.7 Å². The highest BCUT2D eigenvalue weighted by atomic mass is 16.5. The van der Waals surface area contributed by atoms with Crippen molar-refractivity contribution < 1.29 is 4.74 Å². The van der Waals surface area contributed by atoms with Crippen LogP contribution in [0, 0.1) is 0 Å². The molecule has 0 radical (unpaired) electrons. The molecule has 0 aromatic heterocycles. The maximum absolute atomic E-state index is 5.36. The van der Waals surface area contributed by atoms with Crippen LogP contribution < -0.4 is 10.1 Å². The molecule has 1 heterocycles. The van der Waals surface area contributed by atoms with Crippen LogP contribution in [0.2, 0.25) is 0 Å². The van der Waals surface area contributed by atoms with E-state index in [1.165, 1.54) is 37.9 Å². The van der Waals surface area contributed by atoms with Gasteiger partial charge in [-0.25, -0.2) is 0 Å². The third-order valence-corrected chi connectivity index (χ3v) is 3.98. The highest BCUT2D eigenvalue weighted by Crippen LogP contribution is 2.29. The van der Waals surface area contributed by atoms with Crippen molar-refractivity contribution in [3.05, 3.63) is 29.8 Å². The lowest BCUT2D eigenvalue weighted by atomic mass is 9.98. The molecule has 1 aliphatic heterocycles. The van der Waals surface area contributed by atoms with E-state index < -0.39 is 0 Å². The second-order valence-corrected chi connectivity index (χ2v) is 5.28. The summed E-state index contributed by atoms with van der Waals surface area (Å²) in [4.78, 5) is 2.63. The van der Waals surface area contributed by atoms with E-state index in [2.05, 4.69) is 28.4 Å². The predicted octanol–water partition coefficient (Wildman–Crippen LogP) is 2.83. The number of hydrogen-bond acceptors (Lipinski definition) is 3. The largest absolute Gasteiger partial charge is 0.497 e. The van der Waals surface area contributed by atoms with Crippen molar-refractivity contribution >= 4 is 0 Å². The van der Waals surface area contributed by atoms with Crippen LogP contribution in [0.1, 0.15) is 37.3 Å². The first-order valence-electron chi connectivity index (χ1n) is 7.37. The second kappa shape index (κ2) is 7.51. The molecule has 19 heavy (non-hydrogen) atoms. The zero-order valence-electron chi connectivity index (χ0n) is 12.2. The summed E-state index contributed by atoms with van der Waals surface area (Å²) in [6, 6.07) is 9.06. The molecule has 0 amide bonds. The van der Waals surface area contributed by atoms with E-state index in [0.717, 1.165) is 18.7 Å². The third kappa shape index (κ3) is 3.95. The Labute approximate surface area is 116 Å². The summed E-state index contributed by atoms with van der Waals surface area (Å²) in [6.45, 7) is 3.51. The molecule has 1 fully saturated rings. The highest BCUT2D eigenvalue weighted by molar-refractivity contribution is 5.30. The van der Waals surface area contributed by atoms with Gasteiger partial charge in [-0.05, 0) is 63.6 Å². The third-order valence-electron chi connectivity index (χ3n) is 3.98. The van der Waals surface area contributed by atoms with Gasteiger partial charge in [-0.1, -0.05) is 18.6 Å². The molecule has 0 bridgehead atoms. The van der Waals surface area contributed by atoms with Crippen molar-refractivity contribution in [1.29, 1.82) is 0 Å². The lowest BCUT2D eigenvalue weighted by Gasteiger charge is -2.35. The Morgan fingerprint density at radius 1 is 1.26 bits per heavy atom. The lowest BCUT2D eigenvalue weighted by molar-refractivity contribution is 0.155. The molecule has 1 atom stereocenters. The fraction of sp³-hybridized carbons (Fsp3) is 0.625. The predicted molar refractivity (Wildman–Crippen MR) is 79.7 cm³/mol. The Bertz CT molecular complexity index is 375. The van der Waals surface area contributed by atoms with Crippen LogP contribution in [0.25, 0.3) is 0 Å². The number of benzene rings is 1. The van der Waals surface area contributed by atoms with Crippen LogP contribution in [0.3, 0.4) is 0 Å². The number of nitrogens with zero attached hydrogens (tertiary/aromatic N) is 1. The summed E-state index contributed by atoms with van der Waals surface area (Å²) in [7, 11) is 3.77. The SMILES string of the molecule is CNCCC(c1cccc(OC)c1)N1CCCCC1.